The van der Waals surface area contributed by atoms with Gasteiger partial charge >= 0.3 is 0 Å². The number of benzene rings is 2. The van der Waals surface area contributed by atoms with E-state index in [4.69, 9.17) is 4.74 Å². The Morgan fingerprint density at radius 2 is 1.74 bits per heavy atom. The molecule has 5 nitrogen and oxygen atoms in total. The summed E-state index contributed by atoms with van der Waals surface area (Å²) in [5.74, 6) is -0.0246. The molecule has 2 aromatic rings. The summed E-state index contributed by atoms with van der Waals surface area (Å²) in [4.78, 5) is 17.0. The van der Waals surface area contributed by atoms with Gasteiger partial charge in [-0.1, -0.05) is 30.3 Å². The molecular formula is C22H29N3O2. The molecule has 0 bridgehead atoms. The van der Waals surface area contributed by atoms with E-state index in [0.29, 0.717) is 12.1 Å². The Morgan fingerprint density at radius 1 is 1.07 bits per heavy atom. The van der Waals surface area contributed by atoms with Crippen LogP contribution < -0.4 is 10.2 Å². The molecule has 0 saturated carbocycles. The fraction of sp³-hybridized carbons (Fsp3) is 0.409. The van der Waals surface area contributed by atoms with Gasteiger partial charge in [-0.15, -0.1) is 0 Å². The van der Waals surface area contributed by atoms with Crippen molar-refractivity contribution in [1.29, 1.82) is 0 Å². The normalized spacial score (nSPS) is 15.6. The molecule has 1 aliphatic rings. The molecule has 0 aliphatic carbocycles. The number of hydrogen-bond acceptors (Lipinski definition) is 4. The van der Waals surface area contributed by atoms with Gasteiger partial charge in [-0.2, -0.15) is 0 Å². The van der Waals surface area contributed by atoms with E-state index < -0.39 is 0 Å². The van der Waals surface area contributed by atoms with Crippen LogP contribution >= 0.6 is 0 Å². The van der Waals surface area contributed by atoms with Crippen LogP contribution in [0.25, 0.3) is 0 Å². The molecule has 0 aromatic heterocycles. The minimum atomic E-state index is -0.0246. The first kappa shape index (κ1) is 19.4. The monoisotopic (exact) mass is 367 g/mol. The highest BCUT2D eigenvalue weighted by Crippen LogP contribution is 2.16. The van der Waals surface area contributed by atoms with Gasteiger partial charge in [0.25, 0.3) is 5.91 Å². The SMILES string of the molecule is CN(C)C(CNC(=O)c1ccc(N2CCOCC2)cc1)Cc1ccccc1. The largest absolute Gasteiger partial charge is 0.378 e. The zero-order chi connectivity index (χ0) is 19.1. The summed E-state index contributed by atoms with van der Waals surface area (Å²) < 4.78 is 5.39. The Labute approximate surface area is 161 Å². The van der Waals surface area contributed by atoms with Gasteiger partial charge in [0.1, 0.15) is 0 Å². The zero-order valence-corrected chi connectivity index (χ0v) is 16.2. The topological polar surface area (TPSA) is 44.8 Å². The molecule has 1 aliphatic heterocycles. The Bertz CT molecular complexity index is 710. The van der Waals surface area contributed by atoms with Crippen LogP contribution in [0.4, 0.5) is 5.69 Å². The fourth-order valence-corrected chi connectivity index (χ4v) is 3.28. The lowest BCUT2D eigenvalue weighted by Gasteiger charge is -2.29. The second-order valence-corrected chi connectivity index (χ2v) is 7.16. The average molecular weight is 367 g/mol. The van der Waals surface area contributed by atoms with Crippen molar-refractivity contribution in [3.8, 4) is 0 Å². The molecule has 0 spiro atoms. The summed E-state index contributed by atoms with van der Waals surface area (Å²) in [7, 11) is 4.10. The van der Waals surface area contributed by atoms with Crippen LogP contribution in [0.5, 0.6) is 0 Å². The van der Waals surface area contributed by atoms with Gasteiger partial charge in [0, 0.05) is 36.9 Å². The van der Waals surface area contributed by atoms with Crippen LogP contribution in [0.2, 0.25) is 0 Å². The van der Waals surface area contributed by atoms with E-state index in [2.05, 4.69) is 53.5 Å². The molecular weight excluding hydrogens is 338 g/mol. The van der Waals surface area contributed by atoms with Crippen molar-refractivity contribution in [2.45, 2.75) is 12.5 Å². The lowest BCUT2D eigenvalue weighted by molar-refractivity contribution is 0.0941. The molecule has 1 saturated heterocycles. The highest BCUT2D eigenvalue weighted by Gasteiger charge is 2.15. The summed E-state index contributed by atoms with van der Waals surface area (Å²) in [5.41, 5.74) is 3.12. The molecule has 2 aromatic carbocycles. The summed E-state index contributed by atoms with van der Waals surface area (Å²) in [5, 5.41) is 3.09. The quantitative estimate of drug-likeness (QED) is 0.816. The first-order valence-electron chi connectivity index (χ1n) is 9.55. The molecule has 144 valence electrons. The van der Waals surface area contributed by atoms with Crippen molar-refractivity contribution in [1.82, 2.24) is 10.2 Å². The highest BCUT2D eigenvalue weighted by molar-refractivity contribution is 5.94. The maximum absolute atomic E-state index is 12.5. The number of ether oxygens (including phenoxy) is 1. The Kier molecular flexibility index (Phi) is 6.85. The number of rotatable bonds is 7. The predicted molar refractivity (Wildman–Crippen MR) is 109 cm³/mol. The van der Waals surface area contributed by atoms with Gasteiger partial charge in [0.2, 0.25) is 0 Å². The van der Waals surface area contributed by atoms with Gasteiger partial charge in [0.15, 0.2) is 0 Å². The second kappa shape index (κ2) is 9.53. The minimum Gasteiger partial charge on any atom is -0.378 e. The molecule has 3 rings (SSSR count). The van der Waals surface area contributed by atoms with Gasteiger partial charge in [-0.25, -0.2) is 0 Å². The third-order valence-corrected chi connectivity index (χ3v) is 5.05. The number of amides is 1. The molecule has 0 radical (unpaired) electrons. The molecule has 27 heavy (non-hydrogen) atoms. The molecule has 1 atom stereocenters. The number of nitrogens with one attached hydrogen (secondary N) is 1. The smallest absolute Gasteiger partial charge is 0.251 e. The lowest BCUT2D eigenvalue weighted by atomic mass is 10.0. The van der Waals surface area contributed by atoms with Crippen LogP contribution in [0.15, 0.2) is 54.6 Å². The van der Waals surface area contributed by atoms with Crippen molar-refractivity contribution in [2.75, 3.05) is 51.8 Å². The summed E-state index contributed by atoms with van der Waals surface area (Å²) in [6.45, 7) is 3.93. The number of anilines is 1. The maximum atomic E-state index is 12.5. The number of carbonyl (C=O) groups excluding carboxylic acids is 1. The van der Waals surface area contributed by atoms with Gasteiger partial charge in [-0.05, 0) is 50.3 Å². The molecule has 1 unspecified atom stereocenters. The third-order valence-electron chi connectivity index (χ3n) is 5.05. The van der Waals surface area contributed by atoms with E-state index in [9.17, 15) is 4.79 Å². The van der Waals surface area contributed by atoms with Crippen molar-refractivity contribution < 1.29 is 9.53 Å². The van der Waals surface area contributed by atoms with Crippen LogP contribution in [0, 0.1) is 0 Å². The van der Waals surface area contributed by atoms with Crippen LogP contribution in [-0.2, 0) is 11.2 Å². The van der Waals surface area contributed by atoms with Crippen molar-refractivity contribution in [3.05, 3.63) is 65.7 Å². The predicted octanol–water partition coefficient (Wildman–Crippen LogP) is 2.43. The molecule has 1 amide bonds. The van der Waals surface area contributed by atoms with Crippen molar-refractivity contribution >= 4 is 11.6 Å². The Hall–Kier alpha value is -2.37. The van der Waals surface area contributed by atoms with Gasteiger partial charge < -0.3 is 19.9 Å². The van der Waals surface area contributed by atoms with Crippen LogP contribution in [-0.4, -0.2) is 63.8 Å². The van der Waals surface area contributed by atoms with Crippen LogP contribution in [0.1, 0.15) is 15.9 Å². The lowest BCUT2D eigenvalue weighted by Crippen LogP contribution is -2.41. The Morgan fingerprint density at radius 3 is 2.37 bits per heavy atom. The first-order valence-corrected chi connectivity index (χ1v) is 9.55. The van der Waals surface area contributed by atoms with E-state index in [0.717, 1.165) is 38.4 Å². The van der Waals surface area contributed by atoms with Crippen molar-refractivity contribution in [3.63, 3.8) is 0 Å². The molecule has 1 N–H and O–H groups in total. The summed E-state index contributed by atoms with van der Waals surface area (Å²) in [6, 6.07) is 18.5. The van der Waals surface area contributed by atoms with Gasteiger partial charge in [0.05, 0.1) is 13.2 Å². The fourth-order valence-electron chi connectivity index (χ4n) is 3.28. The van der Waals surface area contributed by atoms with E-state index in [-0.39, 0.29) is 11.9 Å². The van der Waals surface area contributed by atoms with E-state index in [1.54, 1.807) is 0 Å². The third kappa shape index (κ3) is 5.55. The summed E-state index contributed by atoms with van der Waals surface area (Å²) in [6.07, 6.45) is 0.907. The highest BCUT2D eigenvalue weighted by atomic mass is 16.5. The van der Waals surface area contributed by atoms with E-state index in [1.165, 1.54) is 5.56 Å². The average Bonchev–Trinajstić information content (AvgIpc) is 2.72. The minimum absolute atomic E-state index is 0.0246. The van der Waals surface area contributed by atoms with Crippen molar-refractivity contribution in [2.24, 2.45) is 0 Å². The number of hydrogen-bond donors (Lipinski definition) is 1. The number of morpholine rings is 1. The Balaban J connectivity index is 1.55. The number of likely N-dealkylation sites (N-methyl/N-ethyl adjacent to an activating group) is 1. The van der Waals surface area contributed by atoms with E-state index in [1.807, 2.05) is 30.3 Å². The zero-order valence-electron chi connectivity index (χ0n) is 16.2. The maximum Gasteiger partial charge on any atom is 0.251 e. The summed E-state index contributed by atoms with van der Waals surface area (Å²) >= 11 is 0. The molecule has 5 heteroatoms. The molecule has 1 fully saturated rings. The standard InChI is InChI=1S/C22H29N3O2/c1-24(2)21(16-18-6-4-3-5-7-18)17-23-22(26)19-8-10-20(11-9-19)25-12-14-27-15-13-25/h3-11,21H,12-17H2,1-2H3,(H,23,26). The second-order valence-electron chi connectivity index (χ2n) is 7.16. The number of carbonyl (C=O) groups is 1. The van der Waals surface area contributed by atoms with E-state index >= 15 is 0 Å². The molecule has 1 heterocycles. The van der Waals surface area contributed by atoms with Gasteiger partial charge in [-0.3, -0.25) is 4.79 Å². The van der Waals surface area contributed by atoms with Crippen LogP contribution in [0.3, 0.4) is 0 Å². The first-order chi connectivity index (χ1) is 13.1. The number of nitrogens with zero attached hydrogens (tertiary/aromatic N) is 2.